The lowest BCUT2D eigenvalue weighted by Gasteiger charge is -2.26. The molecule has 0 aliphatic carbocycles. The highest BCUT2D eigenvalue weighted by Gasteiger charge is 2.35. The van der Waals surface area contributed by atoms with Gasteiger partial charge in [0.2, 0.25) is 0 Å². The Morgan fingerprint density at radius 3 is 2.60 bits per heavy atom. The van der Waals surface area contributed by atoms with Crippen molar-refractivity contribution in [2.24, 2.45) is 4.99 Å². The lowest BCUT2D eigenvalue weighted by atomic mass is 9.95. The van der Waals surface area contributed by atoms with Gasteiger partial charge in [0.1, 0.15) is 29.1 Å². The molecule has 0 spiro atoms. The Kier molecular flexibility index (Phi) is 7.81. The fraction of sp³-hybridized carbons (Fsp3) is 0.233. The van der Waals surface area contributed by atoms with Crippen molar-refractivity contribution in [1.29, 1.82) is 0 Å². The third kappa shape index (κ3) is 5.12. The van der Waals surface area contributed by atoms with Gasteiger partial charge in [-0.25, -0.2) is 9.79 Å². The summed E-state index contributed by atoms with van der Waals surface area (Å²) >= 11 is 1.16. The summed E-state index contributed by atoms with van der Waals surface area (Å²) in [5, 5.41) is 11.1. The predicted octanol–water partition coefficient (Wildman–Crippen LogP) is 4.29. The van der Waals surface area contributed by atoms with Crippen LogP contribution in [-0.2, 0) is 9.53 Å². The van der Waals surface area contributed by atoms with Crippen LogP contribution in [0.3, 0.4) is 0 Å². The molecule has 0 radical (unpaired) electrons. The molecule has 2 aromatic heterocycles. The van der Waals surface area contributed by atoms with E-state index in [1.807, 2.05) is 0 Å². The largest absolute Gasteiger partial charge is 0.497 e. The van der Waals surface area contributed by atoms with Crippen molar-refractivity contribution >= 4 is 29.1 Å². The van der Waals surface area contributed by atoms with E-state index in [1.165, 1.54) is 30.9 Å². The number of ether oxygens (including phenoxy) is 3. The number of aryl methyl sites for hydroxylation is 1. The zero-order valence-corrected chi connectivity index (χ0v) is 24.3. The highest BCUT2D eigenvalue weighted by molar-refractivity contribution is 7.07. The number of hydrogen-bond donors (Lipinski definition) is 0. The second kappa shape index (κ2) is 11.5. The molecule has 0 bridgehead atoms. The van der Waals surface area contributed by atoms with Gasteiger partial charge in [-0.2, -0.15) is 0 Å². The number of nitro groups is 1. The van der Waals surface area contributed by atoms with Crippen LogP contribution in [0.4, 0.5) is 5.69 Å². The summed E-state index contributed by atoms with van der Waals surface area (Å²) in [4.78, 5) is 42.8. The number of methoxy groups -OCH3 is 2. The van der Waals surface area contributed by atoms with Crippen LogP contribution in [0.1, 0.15) is 36.8 Å². The molecule has 1 aliphatic rings. The minimum atomic E-state index is -0.887. The summed E-state index contributed by atoms with van der Waals surface area (Å²) < 4.78 is 24.2. The van der Waals surface area contributed by atoms with Crippen LogP contribution in [-0.4, -0.2) is 36.3 Å². The number of nitrogens with zero attached hydrogens (tertiary/aromatic N) is 3. The molecule has 1 unspecified atom stereocenters. The summed E-state index contributed by atoms with van der Waals surface area (Å²) in [6.45, 7) is 5.32. The average molecular weight is 590 g/mol. The highest BCUT2D eigenvalue weighted by atomic mass is 32.1. The monoisotopic (exact) mass is 589 g/mol. The van der Waals surface area contributed by atoms with Crippen molar-refractivity contribution in [3.63, 3.8) is 0 Å². The molecule has 1 atom stereocenters. The number of fused-ring (bicyclic) bond motifs is 1. The number of thiazole rings is 1. The van der Waals surface area contributed by atoms with Gasteiger partial charge >= 0.3 is 5.97 Å². The highest BCUT2D eigenvalue weighted by Crippen LogP contribution is 2.38. The summed E-state index contributed by atoms with van der Waals surface area (Å²) in [5.41, 5.74) is 2.16. The molecule has 0 saturated heterocycles. The first-order chi connectivity index (χ1) is 20.2. The van der Waals surface area contributed by atoms with E-state index in [9.17, 15) is 19.7 Å². The number of hydrogen-bond acceptors (Lipinski definition) is 10. The first-order valence-corrected chi connectivity index (χ1v) is 13.7. The van der Waals surface area contributed by atoms with Gasteiger partial charge in [-0.3, -0.25) is 19.5 Å². The van der Waals surface area contributed by atoms with E-state index >= 15 is 0 Å². The Morgan fingerprint density at radius 2 is 1.93 bits per heavy atom. The van der Waals surface area contributed by atoms with Gasteiger partial charge in [0, 0.05) is 29.3 Å². The SMILES string of the molecule is CCOC(=O)C1=C(C)N=c2sc(=Cc3ccc(-c4ccc([N+](=O)[O-])cc4C)o3)c(=O)n2C1c1cc(OC)ccc1OC. The molecule has 0 N–H and O–H groups in total. The fourth-order valence-electron chi connectivity index (χ4n) is 4.88. The van der Waals surface area contributed by atoms with Crippen LogP contribution in [0.15, 0.2) is 74.0 Å². The third-order valence-electron chi connectivity index (χ3n) is 6.83. The first kappa shape index (κ1) is 28.6. The summed E-state index contributed by atoms with van der Waals surface area (Å²) in [7, 11) is 3.04. The van der Waals surface area contributed by atoms with Gasteiger partial charge < -0.3 is 18.6 Å². The van der Waals surface area contributed by atoms with Crippen molar-refractivity contribution in [1.82, 2.24) is 4.57 Å². The summed E-state index contributed by atoms with van der Waals surface area (Å²) in [6, 6.07) is 12.3. The number of rotatable bonds is 8. The number of carbonyl (C=O) groups is 1. The van der Waals surface area contributed by atoms with Crippen molar-refractivity contribution < 1.29 is 28.3 Å². The predicted molar refractivity (Wildman–Crippen MR) is 155 cm³/mol. The van der Waals surface area contributed by atoms with Gasteiger partial charge in [0.15, 0.2) is 4.80 Å². The van der Waals surface area contributed by atoms with E-state index in [1.54, 1.807) is 63.2 Å². The molecule has 1 aliphatic heterocycles. The Bertz CT molecular complexity index is 1930. The van der Waals surface area contributed by atoms with Gasteiger partial charge in [-0.05, 0) is 62.7 Å². The fourth-order valence-corrected chi connectivity index (χ4v) is 5.91. The van der Waals surface area contributed by atoms with Crippen molar-refractivity contribution in [3.05, 3.63) is 106 Å². The molecule has 12 heteroatoms. The van der Waals surface area contributed by atoms with Crippen LogP contribution in [0, 0.1) is 17.0 Å². The minimum Gasteiger partial charge on any atom is -0.497 e. The number of nitro benzene ring substituents is 1. The first-order valence-electron chi connectivity index (χ1n) is 12.9. The number of allylic oxidation sites excluding steroid dienone is 1. The van der Waals surface area contributed by atoms with E-state index in [2.05, 4.69) is 4.99 Å². The van der Waals surface area contributed by atoms with Crippen LogP contribution >= 0.6 is 11.3 Å². The lowest BCUT2D eigenvalue weighted by Crippen LogP contribution is -2.40. The number of benzene rings is 2. The molecular formula is C30H27N3O8S. The van der Waals surface area contributed by atoms with E-state index in [0.717, 1.165) is 11.3 Å². The van der Waals surface area contributed by atoms with Gasteiger partial charge in [-0.1, -0.05) is 11.3 Å². The Balaban J connectivity index is 1.65. The second-order valence-corrected chi connectivity index (χ2v) is 10.4. The quantitative estimate of drug-likeness (QED) is 0.169. The number of furan rings is 1. The maximum Gasteiger partial charge on any atom is 0.338 e. The van der Waals surface area contributed by atoms with Gasteiger partial charge in [0.25, 0.3) is 11.2 Å². The lowest BCUT2D eigenvalue weighted by molar-refractivity contribution is -0.384. The molecule has 216 valence electrons. The maximum absolute atomic E-state index is 14.0. The zero-order valence-electron chi connectivity index (χ0n) is 23.5. The standard InChI is InChI=1S/C30H27N3O8S/c1-6-40-29(35)26-17(3)31-30-32(27(26)22-14-19(38-4)8-11-23(22)39-5)28(34)25(42-30)15-20-9-12-24(41-20)21-10-7-18(33(36)37)13-16(21)2/h7-15,27H,6H2,1-5H3. The topological polar surface area (TPSA) is 135 Å². The van der Waals surface area contributed by atoms with Crippen LogP contribution in [0.25, 0.3) is 17.4 Å². The van der Waals surface area contributed by atoms with Crippen molar-refractivity contribution in [3.8, 4) is 22.8 Å². The zero-order chi connectivity index (χ0) is 30.1. The molecular weight excluding hydrogens is 562 g/mol. The van der Waals surface area contributed by atoms with Crippen molar-refractivity contribution in [2.75, 3.05) is 20.8 Å². The third-order valence-corrected chi connectivity index (χ3v) is 7.82. The number of non-ortho nitro benzene ring substituents is 1. The number of esters is 1. The van der Waals surface area contributed by atoms with E-state index < -0.39 is 16.9 Å². The molecule has 0 amide bonds. The molecule has 0 saturated carbocycles. The number of aromatic nitrogens is 1. The van der Waals surface area contributed by atoms with E-state index in [-0.39, 0.29) is 23.4 Å². The molecule has 4 aromatic rings. The van der Waals surface area contributed by atoms with Crippen LogP contribution < -0.4 is 24.4 Å². The average Bonchev–Trinajstić information content (AvgIpc) is 3.55. The van der Waals surface area contributed by atoms with Crippen molar-refractivity contribution in [2.45, 2.75) is 26.8 Å². The molecule has 3 heterocycles. The van der Waals surface area contributed by atoms with E-state index in [4.69, 9.17) is 18.6 Å². The van der Waals surface area contributed by atoms with Gasteiger partial charge in [0.05, 0.1) is 41.6 Å². The van der Waals surface area contributed by atoms with Crippen LogP contribution in [0.5, 0.6) is 11.5 Å². The number of carbonyl (C=O) groups excluding carboxylic acids is 1. The Labute approximate surface area is 243 Å². The second-order valence-electron chi connectivity index (χ2n) is 9.37. The molecule has 0 fully saturated rings. The molecule has 42 heavy (non-hydrogen) atoms. The molecule has 2 aromatic carbocycles. The maximum atomic E-state index is 14.0. The molecule has 5 rings (SSSR count). The van der Waals surface area contributed by atoms with Gasteiger partial charge in [-0.15, -0.1) is 0 Å². The Hall–Kier alpha value is -4.97. The molecule has 11 nitrogen and oxygen atoms in total. The summed E-state index contributed by atoms with van der Waals surface area (Å²) in [6.07, 6.45) is 1.61. The Morgan fingerprint density at radius 1 is 1.14 bits per heavy atom. The summed E-state index contributed by atoms with van der Waals surface area (Å²) in [5.74, 6) is 1.30. The van der Waals surface area contributed by atoms with Crippen LogP contribution in [0.2, 0.25) is 0 Å². The normalized spacial score (nSPS) is 14.8. The smallest absolute Gasteiger partial charge is 0.338 e. The van der Waals surface area contributed by atoms with E-state index in [0.29, 0.717) is 54.7 Å². The minimum absolute atomic E-state index is 0.0103.